The van der Waals surface area contributed by atoms with E-state index in [0.29, 0.717) is 0 Å². The van der Waals surface area contributed by atoms with Crippen molar-refractivity contribution in [1.82, 2.24) is 0 Å². The minimum Gasteiger partial charge on any atom is -0.160 e. The van der Waals surface area contributed by atoms with Gasteiger partial charge in [0.1, 0.15) is 0 Å². The summed E-state index contributed by atoms with van der Waals surface area (Å²) >= 11 is 0. The van der Waals surface area contributed by atoms with Crippen LogP contribution in [0.3, 0.4) is 0 Å². The van der Waals surface area contributed by atoms with E-state index in [0.717, 1.165) is 20.6 Å². The van der Waals surface area contributed by atoms with E-state index in [2.05, 4.69) is 0 Å². The minimum absolute atomic E-state index is 0.0868. The Balaban J connectivity index is 3.11. The van der Waals surface area contributed by atoms with Gasteiger partial charge >= 0.3 is 5.51 Å². The molecule has 6 heteroatoms. The fourth-order valence-electron chi connectivity index (χ4n) is 0.0726. The van der Waals surface area contributed by atoms with Crippen molar-refractivity contribution < 1.29 is 13.2 Å². The molecule has 8 heavy (non-hydrogen) atoms. The molecule has 0 bridgehead atoms. The Hall–Kier alpha value is 0.840. The van der Waals surface area contributed by atoms with Gasteiger partial charge in [-0.3, -0.25) is 0 Å². The Morgan fingerprint density at radius 1 is 1.25 bits per heavy atom. The summed E-state index contributed by atoms with van der Waals surface area (Å²) in [6.07, 6.45) is 1.60. The third-order valence-electron chi connectivity index (χ3n) is 0.197. The van der Waals surface area contributed by atoms with E-state index in [-0.39, 0.29) is 10.8 Å². The summed E-state index contributed by atoms with van der Waals surface area (Å²) in [6, 6.07) is 0. The van der Waals surface area contributed by atoms with Gasteiger partial charge in [0.05, 0.1) is 0 Å². The first-order chi connectivity index (χ1) is 3.56. The topological polar surface area (TPSA) is 0 Å². The van der Waals surface area contributed by atoms with Gasteiger partial charge in [-0.05, 0) is 16.1 Å². The zero-order valence-electron chi connectivity index (χ0n) is 3.86. The molecule has 0 saturated heterocycles. The summed E-state index contributed by atoms with van der Waals surface area (Å²) in [6.45, 7) is 0. The molecule has 0 aromatic heterocycles. The first-order valence-electron chi connectivity index (χ1n) is 1.51. The molecule has 0 aliphatic carbocycles. The highest BCUT2D eigenvalue weighted by atomic mass is 33.5. The fourth-order valence-corrected chi connectivity index (χ4v) is 1.96. The summed E-state index contributed by atoms with van der Waals surface area (Å²) in [7, 11) is 1.72. The van der Waals surface area contributed by atoms with Crippen LogP contribution in [0.4, 0.5) is 13.2 Å². The lowest BCUT2D eigenvalue weighted by Gasteiger charge is -1.99. The van der Waals surface area contributed by atoms with Crippen molar-refractivity contribution in [3.63, 3.8) is 0 Å². The van der Waals surface area contributed by atoms with Gasteiger partial charge in [-0.1, -0.05) is 10.8 Å². The number of halogens is 3. The third kappa shape index (κ3) is 6.84. The smallest absolute Gasteiger partial charge is 0.160 e. The molecule has 0 atom stereocenters. The van der Waals surface area contributed by atoms with Crippen LogP contribution in [0.15, 0.2) is 0 Å². The van der Waals surface area contributed by atoms with E-state index in [1.165, 1.54) is 0 Å². The van der Waals surface area contributed by atoms with Crippen LogP contribution in [0.5, 0.6) is 0 Å². The molecule has 0 heterocycles. The van der Waals surface area contributed by atoms with E-state index in [4.69, 9.17) is 0 Å². The molecule has 0 aromatic rings. The van der Waals surface area contributed by atoms with Gasteiger partial charge in [0, 0.05) is 10.8 Å². The zero-order valence-corrected chi connectivity index (χ0v) is 6.31. The lowest BCUT2D eigenvalue weighted by molar-refractivity contribution is -0.0310. The van der Waals surface area contributed by atoms with Crippen molar-refractivity contribution in [2.45, 2.75) is 5.51 Å². The second-order valence-electron chi connectivity index (χ2n) is 0.764. The van der Waals surface area contributed by atoms with Crippen molar-refractivity contribution in [2.24, 2.45) is 0 Å². The maximum Gasteiger partial charge on any atom is 0.452 e. The summed E-state index contributed by atoms with van der Waals surface area (Å²) in [5.41, 5.74) is -4.09. The first kappa shape index (κ1) is 8.84. The number of alkyl halides is 3. The van der Waals surface area contributed by atoms with Crippen molar-refractivity contribution in [1.29, 1.82) is 0 Å². The molecule has 0 amide bonds. The molecule has 0 radical (unpaired) electrons. The van der Waals surface area contributed by atoms with E-state index < -0.39 is 5.51 Å². The highest BCUT2D eigenvalue weighted by Crippen LogP contribution is 2.44. The van der Waals surface area contributed by atoms with E-state index >= 15 is 0 Å². The van der Waals surface area contributed by atoms with Gasteiger partial charge in [-0.2, -0.15) is 13.2 Å². The zero-order chi connectivity index (χ0) is 6.62. The Kier molecular flexibility index (Phi) is 4.19. The molecule has 0 aromatic carbocycles. The van der Waals surface area contributed by atoms with Crippen LogP contribution in [0.1, 0.15) is 0 Å². The molecule has 50 valence electrons. The van der Waals surface area contributed by atoms with Crippen LogP contribution in [0, 0.1) is 0 Å². The van der Waals surface area contributed by atoms with Crippen LogP contribution >= 0.6 is 31.4 Å². The molecule has 0 spiro atoms. The van der Waals surface area contributed by atoms with Crippen LogP contribution in [0.2, 0.25) is 0 Å². The molecule has 0 saturated carbocycles. The lowest BCUT2D eigenvalue weighted by atomic mass is 11.6. The largest absolute Gasteiger partial charge is 0.452 e. The molecule has 0 aliphatic heterocycles. The molecular formula is C2H3F3S3. The molecule has 0 N–H and O–H groups in total. The predicted molar refractivity (Wildman–Crippen MR) is 34.8 cm³/mol. The molecule has 0 rings (SSSR count). The van der Waals surface area contributed by atoms with Crippen molar-refractivity contribution in [2.75, 3.05) is 6.26 Å². The van der Waals surface area contributed by atoms with Crippen LogP contribution in [0.25, 0.3) is 0 Å². The minimum atomic E-state index is -4.09. The molecule has 0 fully saturated rings. The summed E-state index contributed by atoms with van der Waals surface area (Å²) in [5, 5.41) is 0. The Labute approximate surface area is 56.8 Å². The van der Waals surface area contributed by atoms with Gasteiger partial charge in [0.2, 0.25) is 0 Å². The second kappa shape index (κ2) is 3.79. The average Bonchev–Trinajstić information content (AvgIpc) is 1.59. The standard InChI is InChI=1S/C2H3F3S3/c1-6-8-7-2(3,4)5/h1H3. The summed E-state index contributed by atoms with van der Waals surface area (Å²) < 4.78 is 33.5. The third-order valence-corrected chi connectivity index (χ3v) is 3.61. The first-order valence-corrected chi connectivity index (χ1v) is 5.40. The molecule has 0 nitrogen and oxygen atoms in total. The van der Waals surface area contributed by atoms with Gasteiger partial charge < -0.3 is 0 Å². The maximum absolute atomic E-state index is 11.2. The average molecular weight is 180 g/mol. The maximum atomic E-state index is 11.2. The molecule has 0 unspecified atom stereocenters. The van der Waals surface area contributed by atoms with E-state index in [9.17, 15) is 13.2 Å². The normalized spacial score (nSPS) is 12.0. The molecular weight excluding hydrogens is 177 g/mol. The van der Waals surface area contributed by atoms with Crippen LogP contribution in [-0.2, 0) is 0 Å². The highest BCUT2D eigenvalue weighted by molar-refractivity contribution is 9.09. The lowest BCUT2D eigenvalue weighted by Crippen LogP contribution is -1.94. The van der Waals surface area contributed by atoms with Crippen LogP contribution in [-0.4, -0.2) is 11.8 Å². The van der Waals surface area contributed by atoms with Crippen molar-refractivity contribution in [3.8, 4) is 0 Å². The van der Waals surface area contributed by atoms with Gasteiger partial charge in [0.15, 0.2) is 0 Å². The Morgan fingerprint density at radius 2 is 1.75 bits per heavy atom. The van der Waals surface area contributed by atoms with Gasteiger partial charge in [0.25, 0.3) is 0 Å². The summed E-state index contributed by atoms with van der Waals surface area (Å²) in [4.78, 5) is 0. The quantitative estimate of drug-likeness (QED) is 0.599. The molecule has 0 aliphatic rings. The summed E-state index contributed by atoms with van der Waals surface area (Å²) in [5.74, 6) is 0. The Morgan fingerprint density at radius 3 is 1.88 bits per heavy atom. The number of rotatable bonds is 2. The van der Waals surface area contributed by atoms with Gasteiger partial charge in [-0.15, -0.1) is 0 Å². The Bertz CT molecular complexity index is 60.0. The van der Waals surface area contributed by atoms with E-state index in [1.54, 1.807) is 6.26 Å². The predicted octanol–water partition coefficient (Wildman–Crippen LogP) is 3.17. The SMILES string of the molecule is CSSSC(F)(F)F. The fraction of sp³-hybridized carbons (Fsp3) is 1.00. The van der Waals surface area contributed by atoms with Crippen molar-refractivity contribution >= 4 is 31.4 Å². The van der Waals surface area contributed by atoms with Crippen molar-refractivity contribution in [3.05, 3.63) is 0 Å². The number of hydrogen-bond donors (Lipinski definition) is 0. The second-order valence-corrected chi connectivity index (χ2v) is 5.00. The highest BCUT2D eigenvalue weighted by Gasteiger charge is 2.28. The van der Waals surface area contributed by atoms with Gasteiger partial charge in [-0.25, -0.2) is 0 Å². The number of hydrogen-bond acceptors (Lipinski definition) is 3. The monoisotopic (exact) mass is 180 g/mol. The van der Waals surface area contributed by atoms with Crippen LogP contribution < -0.4 is 0 Å². The van der Waals surface area contributed by atoms with E-state index in [1.807, 2.05) is 0 Å².